The maximum absolute atomic E-state index is 12.8. The first kappa shape index (κ1) is 17.4. The molecule has 0 bridgehead atoms. The number of carbonyl (C=O) groups is 1. The van der Waals surface area contributed by atoms with Crippen LogP contribution in [-0.4, -0.2) is 29.5 Å². The topological polar surface area (TPSA) is 64.6 Å². The van der Waals surface area contributed by atoms with Crippen LogP contribution in [0, 0.1) is 0 Å². The summed E-state index contributed by atoms with van der Waals surface area (Å²) < 4.78 is 11.0. The molecule has 6 heteroatoms. The Morgan fingerprint density at radius 2 is 1.73 bits per heavy atom. The molecule has 0 N–H and O–H groups in total. The first-order valence-corrected chi connectivity index (χ1v) is 8.22. The highest BCUT2D eigenvalue weighted by atomic mass is 16.5. The summed E-state index contributed by atoms with van der Waals surface area (Å²) in [6.45, 7) is 2.37. The Hall–Kier alpha value is -3.41. The zero-order valence-corrected chi connectivity index (χ0v) is 14.6. The Bertz CT molecular complexity index is 867. The number of amides is 1. The minimum atomic E-state index is -0.254. The fraction of sp³-hybridized carbons (Fsp3) is 0.150. The Balaban J connectivity index is 1.80. The van der Waals surface area contributed by atoms with E-state index in [1.54, 1.807) is 12.0 Å². The molecule has 0 aliphatic carbocycles. The van der Waals surface area contributed by atoms with Crippen molar-refractivity contribution < 1.29 is 14.3 Å². The molecule has 0 unspecified atom stereocenters. The minimum Gasteiger partial charge on any atom is -0.495 e. The van der Waals surface area contributed by atoms with Crippen molar-refractivity contribution in [3.8, 4) is 17.4 Å². The average molecular weight is 349 g/mol. The number of carbonyl (C=O) groups excluding carboxylic acids is 1. The lowest BCUT2D eigenvalue weighted by molar-refractivity contribution is 0.0982. The second-order valence-electron chi connectivity index (χ2n) is 5.38. The molecule has 26 heavy (non-hydrogen) atoms. The summed E-state index contributed by atoms with van der Waals surface area (Å²) in [7, 11) is 1.58. The fourth-order valence-corrected chi connectivity index (χ4v) is 2.50. The predicted molar refractivity (Wildman–Crippen MR) is 98.9 cm³/mol. The highest BCUT2D eigenvalue weighted by Crippen LogP contribution is 2.28. The lowest BCUT2D eigenvalue weighted by Crippen LogP contribution is -2.31. The molecule has 0 saturated carbocycles. The van der Waals surface area contributed by atoms with Gasteiger partial charge in [-0.05, 0) is 31.2 Å². The number of para-hydroxylation sites is 3. The van der Waals surface area contributed by atoms with Crippen molar-refractivity contribution in [3.63, 3.8) is 0 Å². The van der Waals surface area contributed by atoms with Gasteiger partial charge in [0.1, 0.15) is 17.2 Å². The molecule has 6 nitrogen and oxygen atoms in total. The zero-order chi connectivity index (χ0) is 18.4. The van der Waals surface area contributed by atoms with Crippen LogP contribution >= 0.6 is 0 Å². The van der Waals surface area contributed by atoms with Gasteiger partial charge in [0.05, 0.1) is 25.2 Å². The van der Waals surface area contributed by atoms with Crippen LogP contribution in [0.3, 0.4) is 0 Å². The van der Waals surface area contributed by atoms with Crippen molar-refractivity contribution in [2.75, 3.05) is 18.6 Å². The number of hydrogen-bond acceptors (Lipinski definition) is 5. The number of methoxy groups -OCH3 is 1. The Labute approximate surface area is 152 Å². The average Bonchev–Trinajstić information content (AvgIpc) is 2.70. The summed E-state index contributed by atoms with van der Waals surface area (Å²) in [6.07, 6.45) is 2.86. The Morgan fingerprint density at radius 1 is 1.00 bits per heavy atom. The largest absolute Gasteiger partial charge is 0.495 e. The summed E-state index contributed by atoms with van der Waals surface area (Å²) in [6, 6.07) is 16.6. The standard InChI is InChI=1S/C20H19N3O3/c1-3-23(17-11-7-8-12-18(17)25-2)20(24)16-13-22-19(14-21-16)26-15-9-5-4-6-10-15/h4-14H,3H2,1-2H3. The van der Waals surface area contributed by atoms with Crippen LogP contribution in [0.2, 0.25) is 0 Å². The van der Waals surface area contributed by atoms with Crippen molar-refractivity contribution in [1.29, 1.82) is 0 Å². The van der Waals surface area contributed by atoms with Gasteiger partial charge in [-0.3, -0.25) is 4.79 Å². The first-order valence-electron chi connectivity index (χ1n) is 8.22. The van der Waals surface area contributed by atoms with Gasteiger partial charge in [0.15, 0.2) is 0 Å². The molecule has 3 aromatic rings. The van der Waals surface area contributed by atoms with Crippen molar-refractivity contribution in [3.05, 3.63) is 72.7 Å². The molecule has 0 atom stereocenters. The van der Waals surface area contributed by atoms with Crippen LogP contribution in [0.1, 0.15) is 17.4 Å². The number of hydrogen-bond donors (Lipinski definition) is 0. The van der Waals surface area contributed by atoms with Crippen LogP contribution in [0.4, 0.5) is 5.69 Å². The Kier molecular flexibility index (Phi) is 5.43. The summed E-state index contributed by atoms with van der Waals surface area (Å²) in [5, 5.41) is 0. The smallest absolute Gasteiger partial charge is 0.278 e. The number of ether oxygens (including phenoxy) is 2. The van der Waals surface area contributed by atoms with Gasteiger partial charge in [0.25, 0.3) is 5.91 Å². The van der Waals surface area contributed by atoms with Gasteiger partial charge in [0.2, 0.25) is 5.88 Å². The molecule has 2 aromatic carbocycles. The minimum absolute atomic E-state index is 0.234. The van der Waals surface area contributed by atoms with E-state index in [-0.39, 0.29) is 11.6 Å². The highest BCUT2D eigenvalue weighted by molar-refractivity contribution is 6.05. The van der Waals surface area contributed by atoms with Crippen LogP contribution in [-0.2, 0) is 0 Å². The molecule has 1 heterocycles. The van der Waals surface area contributed by atoms with E-state index in [1.807, 2.05) is 61.5 Å². The molecule has 3 rings (SSSR count). The van der Waals surface area contributed by atoms with Gasteiger partial charge < -0.3 is 14.4 Å². The van der Waals surface area contributed by atoms with Crippen LogP contribution in [0.25, 0.3) is 0 Å². The molecule has 0 fully saturated rings. The lowest BCUT2D eigenvalue weighted by Gasteiger charge is -2.22. The molecular weight excluding hydrogens is 330 g/mol. The molecule has 1 aromatic heterocycles. The molecule has 0 spiro atoms. The number of aromatic nitrogens is 2. The summed E-state index contributed by atoms with van der Waals surface area (Å²) in [5.74, 6) is 1.36. The predicted octanol–water partition coefficient (Wildman–Crippen LogP) is 3.94. The second kappa shape index (κ2) is 8.11. The molecule has 0 saturated heterocycles. The van der Waals surface area contributed by atoms with Crippen molar-refractivity contribution in [1.82, 2.24) is 9.97 Å². The van der Waals surface area contributed by atoms with E-state index in [0.29, 0.717) is 29.6 Å². The molecular formula is C20H19N3O3. The fourth-order valence-electron chi connectivity index (χ4n) is 2.50. The van der Waals surface area contributed by atoms with Gasteiger partial charge >= 0.3 is 0 Å². The van der Waals surface area contributed by atoms with Gasteiger partial charge in [0, 0.05) is 6.54 Å². The van der Waals surface area contributed by atoms with E-state index in [4.69, 9.17) is 9.47 Å². The van der Waals surface area contributed by atoms with E-state index in [2.05, 4.69) is 9.97 Å². The third-order valence-corrected chi connectivity index (χ3v) is 3.75. The van der Waals surface area contributed by atoms with E-state index < -0.39 is 0 Å². The molecule has 132 valence electrons. The van der Waals surface area contributed by atoms with E-state index in [1.165, 1.54) is 12.4 Å². The third-order valence-electron chi connectivity index (χ3n) is 3.75. The number of benzene rings is 2. The van der Waals surface area contributed by atoms with Crippen LogP contribution in [0.15, 0.2) is 67.0 Å². The summed E-state index contributed by atoms with van der Waals surface area (Å²) in [5.41, 5.74) is 0.923. The third kappa shape index (κ3) is 3.80. The van der Waals surface area contributed by atoms with Crippen molar-refractivity contribution in [2.45, 2.75) is 6.92 Å². The number of nitrogens with zero attached hydrogens (tertiary/aromatic N) is 3. The molecule has 1 amide bonds. The van der Waals surface area contributed by atoms with Gasteiger partial charge in [-0.25, -0.2) is 9.97 Å². The maximum Gasteiger partial charge on any atom is 0.278 e. The first-order chi connectivity index (χ1) is 12.7. The van der Waals surface area contributed by atoms with Crippen LogP contribution in [0.5, 0.6) is 17.4 Å². The maximum atomic E-state index is 12.8. The Morgan fingerprint density at radius 3 is 2.38 bits per heavy atom. The van der Waals surface area contributed by atoms with E-state index in [9.17, 15) is 4.79 Å². The van der Waals surface area contributed by atoms with Gasteiger partial charge in [-0.2, -0.15) is 0 Å². The monoisotopic (exact) mass is 349 g/mol. The zero-order valence-electron chi connectivity index (χ0n) is 14.6. The quantitative estimate of drug-likeness (QED) is 0.674. The second-order valence-corrected chi connectivity index (χ2v) is 5.38. The van der Waals surface area contributed by atoms with Crippen molar-refractivity contribution >= 4 is 11.6 Å². The molecule has 0 aliphatic heterocycles. The normalized spacial score (nSPS) is 10.2. The summed E-state index contributed by atoms with van der Waals surface area (Å²) >= 11 is 0. The molecule has 0 radical (unpaired) electrons. The van der Waals surface area contributed by atoms with Crippen LogP contribution < -0.4 is 14.4 Å². The SMILES string of the molecule is CCN(C(=O)c1cnc(Oc2ccccc2)cn1)c1ccccc1OC. The van der Waals surface area contributed by atoms with E-state index in [0.717, 1.165) is 0 Å². The van der Waals surface area contributed by atoms with E-state index >= 15 is 0 Å². The van der Waals surface area contributed by atoms with Gasteiger partial charge in [-0.1, -0.05) is 30.3 Å². The highest BCUT2D eigenvalue weighted by Gasteiger charge is 2.20. The van der Waals surface area contributed by atoms with Crippen molar-refractivity contribution in [2.24, 2.45) is 0 Å². The molecule has 0 aliphatic rings. The lowest BCUT2D eigenvalue weighted by atomic mass is 10.2. The number of anilines is 1. The van der Waals surface area contributed by atoms with Gasteiger partial charge in [-0.15, -0.1) is 0 Å². The summed E-state index contributed by atoms with van der Waals surface area (Å²) in [4.78, 5) is 22.8. The number of rotatable bonds is 6.